The first-order chi connectivity index (χ1) is 17.1. The van der Waals surface area contributed by atoms with Crippen LogP contribution in [-0.2, 0) is 11.3 Å². The summed E-state index contributed by atoms with van der Waals surface area (Å²) in [4.78, 5) is 16.2. The molecule has 1 aliphatic heterocycles. The maximum Gasteiger partial charge on any atom is 0.263 e. The van der Waals surface area contributed by atoms with E-state index in [0.29, 0.717) is 23.6 Å². The number of rotatable bonds is 8. The van der Waals surface area contributed by atoms with E-state index in [1.807, 2.05) is 54.3 Å². The van der Waals surface area contributed by atoms with Gasteiger partial charge >= 0.3 is 0 Å². The summed E-state index contributed by atoms with van der Waals surface area (Å²) in [5.41, 5.74) is 3.24. The third-order valence-electron chi connectivity index (χ3n) is 6.11. The highest BCUT2D eigenvalue weighted by molar-refractivity contribution is 8.04. The number of aryl methyl sites for hydroxylation is 1. The van der Waals surface area contributed by atoms with Crippen LogP contribution in [-0.4, -0.2) is 41.0 Å². The molecule has 2 aliphatic rings. The number of aliphatic hydroxyl groups is 2. The number of hydrogen-bond donors (Lipinski definition) is 2. The summed E-state index contributed by atoms with van der Waals surface area (Å²) in [6.07, 6.45) is 3.73. The third-order valence-corrected chi connectivity index (χ3v) is 8.53. The van der Waals surface area contributed by atoms with E-state index in [4.69, 9.17) is 4.74 Å². The number of allylic oxidation sites excluding steroid dienone is 3. The van der Waals surface area contributed by atoms with Gasteiger partial charge in [0.25, 0.3) is 5.01 Å². The number of fused-ring (bicyclic) bond motifs is 2. The molecule has 2 heterocycles. The van der Waals surface area contributed by atoms with Crippen LogP contribution < -0.4 is 14.2 Å². The Bertz CT molecular complexity index is 1380. The van der Waals surface area contributed by atoms with Gasteiger partial charge in [0.1, 0.15) is 11.2 Å². The number of thioether (sulfide) groups is 1. The first-order valence-electron chi connectivity index (χ1n) is 11.7. The molecule has 8 heteroatoms. The van der Waals surface area contributed by atoms with E-state index in [-0.39, 0.29) is 19.0 Å². The first-order valence-corrected chi connectivity index (χ1v) is 13.4. The van der Waals surface area contributed by atoms with E-state index < -0.39 is 5.25 Å². The van der Waals surface area contributed by atoms with E-state index in [1.165, 1.54) is 11.8 Å². The molecule has 5 rings (SSSR count). The molecule has 1 aromatic heterocycles. The van der Waals surface area contributed by atoms with Gasteiger partial charge in [-0.15, -0.1) is 11.8 Å². The van der Waals surface area contributed by atoms with Crippen molar-refractivity contribution >= 4 is 50.9 Å². The number of hydrogen-bond acceptors (Lipinski definition) is 7. The Morgan fingerprint density at radius 3 is 2.57 bits per heavy atom. The first kappa shape index (κ1) is 23.8. The summed E-state index contributed by atoms with van der Waals surface area (Å²) < 4.78 is 9.43. The van der Waals surface area contributed by atoms with Crippen LogP contribution in [0.1, 0.15) is 18.9 Å². The number of benzene rings is 2. The fourth-order valence-electron chi connectivity index (χ4n) is 4.34. The lowest BCUT2D eigenvalue weighted by Crippen LogP contribution is -2.34. The minimum Gasteiger partial charge on any atom is -0.439 e. The highest BCUT2D eigenvalue weighted by atomic mass is 32.2. The predicted molar refractivity (Wildman–Crippen MR) is 141 cm³/mol. The molecule has 180 valence electrons. The molecule has 0 saturated heterocycles. The van der Waals surface area contributed by atoms with Crippen molar-refractivity contribution in [1.82, 2.24) is 0 Å². The van der Waals surface area contributed by atoms with Crippen LogP contribution in [0.4, 0.5) is 5.69 Å². The van der Waals surface area contributed by atoms with Crippen LogP contribution in [0, 0.1) is 0 Å². The Kier molecular flexibility index (Phi) is 6.80. The lowest BCUT2D eigenvalue weighted by Gasteiger charge is -2.26. The molecule has 0 bridgehead atoms. The van der Waals surface area contributed by atoms with E-state index in [9.17, 15) is 15.0 Å². The number of thiazole rings is 1. The maximum absolute atomic E-state index is 13.4. The van der Waals surface area contributed by atoms with Crippen molar-refractivity contribution < 1.29 is 24.3 Å². The highest BCUT2D eigenvalue weighted by Crippen LogP contribution is 2.45. The molecule has 0 unspecified atom stereocenters. The molecule has 6 nitrogen and oxygen atoms in total. The van der Waals surface area contributed by atoms with Crippen molar-refractivity contribution in [2.24, 2.45) is 0 Å². The minimum atomic E-state index is -0.417. The molecule has 0 atom stereocenters. The number of anilines is 1. The molecule has 2 N–H and O–H groups in total. The molecule has 0 fully saturated rings. The Hall–Kier alpha value is -2.91. The molecule has 3 aromatic rings. The predicted octanol–water partition coefficient (Wildman–Crippen LogP) is 4.28. The minimum absolute atomic E-state index is 0.0645. The monoisotopic (exact) mass is 507 g/mol. The summed E-state index contributed by atoms with van der Waals surface area (Å²) in [5, 5.41) is 20.0. The number of carbonyl (C=O) groups excluding carboxylic acids is 1. The molecular weight excluding hydrogens is 480 g/mol. The molecule has 0 radical (unpaired) electrons. The average molecular weight is 508 g/mol. The average Bonchev–Trinajstić information content (AvgIpc) is 3.44. The quantitative estimate of drug-likeness (QED) is 0.350. The van der Waals surface area contributed by atoms with Crippen LogP contribution in [0.2, 0.25) is 0 Å². The smallest absolute Gasteiger partial charge is 0.263 e. The Balaban J connectivity index is 1.58. The summed E-state index contributed by atoms with van der Waals surface area (Å²) in [7, 11) is 0. The van der Waals surface area contributed by atoms with Gasteiger partial charge in [0.2, 0.25) is 11.4 Å². The van der Waals surface area contributed by atoms with Gasteiger partial charge in [-0.3, -0.25) is 4.79 Å². The van der Waals surface area contributed by atoms with Crippen LogP contribution in [0.15, 0.2) is 76.5 Å². The summed E-state index contributed by atoms with van der Waals surface area (Å²) in [6, 6.07) is 16.0. The van der Waals surface area contributed by atoms with E-state index >= 15 is 0 Å². The fourth-order valence-corrected chi connectivity index (χ4v) is 6.55. The van der Waals surface area contributed by atoms with Gasteiger partial charge in [-0.25, -0.2) is 0 Å². The zero-order valence-electron chi connectivity index (χ0n) is 19.6. The van der Waals surface area contributed by atoms with E-state index in [0.717, 1.165) is 38.1 Å². The highest BCUT2D eigenvalue weighted by Gasteiger charge is 2.37. The number of aliphatic hydroxyl groups excluding tert-OH is 2. The van der Waals surface area contributed by atoms with Crippen LogP contribution in [0.25, 0.3) is 16.3 Å². The zero-order chi connectivity index (χ0) is 24.5. The molecule has 0 amide bonds. The third kappa shape index (κ3) is 4.21. The summed E-state index contributed by atoms with van der Waals surface area (Å²) in [5.74, 6) is 1.30. The van der Waals surface area contributed by atoms with Gasteiger partial charge in [-0.05, 0) is 32.0 Å². The largest absolute Gasteiger partial charge is 0.439 e. The van der Waals surface area contributed by atoms with Crippen LogP contribution in [0.5, 0.6) is 5.75 Å². The maximum atomic E-state index is 13.4. The lowest BCUT2D eigenvalue weighted by atomic mass is 9.89. The second kappa shape index (κ2) is 9.99. The lowest BCUT2D eigenvalue weighted by molar-refractivity contribution is -0.665. The number of carbonyl (C=O) groups is 1. The van der Waals surface area contributed by atoms with Gasteiger partial charge in [-0.1, -0.05) is 35.6 Å². The van der Waals surface area contributed by atoms with Crippen molar-refractivity contribution in [2.45, 2.75) is 25.6 Å². The van der Waals surface area contributed by atoms with Crippen LogP contribution in [0.3, 0.4) is 0 Å². The second-order valence-corrected chi connectivity index (χ2v) is 10.6. The number of nitrogens with zero attached hydrogens (tertiary/aromatic N) is 2. The normalized spacial score (nSPS) is 17.6. The van der Waals surface area contributed by atoms with Crippen molar-refractivity contribution in [2.75, 3.05) is 24.7 Å². The van der Waals surface area contributed by atoms with Crippen molar-refractivity contribution in [3.05, 3.63) is 81.5 Å². The molecule has 0 saturated carbocycles. The number of aromatic nitrogens is 1. The number of Topliss-reactive ketones (excluding diaryl/α,β-unsaturated/α-hetero) is 1. The molecule has 35 heavy (non-hydrogen) atoms. The van der Waals surface area contributed by atoms with Gasteiger partial charge in [0.15, 0.2) is 11.5 Å². The number of para-hydroxylation sites is 3. The summed E-state index contributed by atoms with van der Waals surface area (Å²) in [6.45, 7) is 5.24. The Morgan fingerprint density at radius 1 is 1.09 bits per heavy atom. The Morgan fingerprint density at radius 2 is 1.83 bits per heavy atom. The Labute approximate surface area is 212 Å². The second-order valence-electron chi connectivity index (χ2n) is 8.18. The van der Waals surface area contributed by atoms with Gasteiger partial charge < -0.3 is 19.8 Å². The van der Waals surface area contributed by atoms with Crippen molar-refractivity contribution in [3.8, 4) is 5.75 Å². The topological polar surface area (TPSA) is 73.9 Å². The molecular formula is C27H27N2O4S2+. The van der Waals surface area contributed by atoms with Gasteiger partial charge in [-0.2, -0.15) is 4.57 Å². The van der Waals surface area contributed by atoms with Crippen molar-refractivity contribution in [3.63, 3.8) is 0 Å². The number of ether oxygens (including phenoxy) is 1. The zero-order valence-corrected chi connectivity index (χ0v) is 21.2. The SMILES string of the molecule is CCN1/C(=C\C2=C(SC(CO)CO)C(=C\c3sc4ccccc4[n+]3CC)/C2=O)Oc2ccccc21. The van der Waals surface area contributed by atoms with Gasteiger partial charge in [0.05, 0.1) is 24.2 Å². The van der Waals surface area contributed by atoms with Crippen LogP contribution >= 0.6 is 23.1 Å². The standard InChI is InChI=1S/C27H27N2O4S2/c1-3-28-20-9-5-7-11-22(20)33-24(28)13-18-26(32)19(27(18)34-17(15-30)16-31)14-25-29(4-2)21-10-6-8-12-23(21)35-25/h5-14,17,30-31H,3-4,15-16H2,1-2H3/q+1. The van der Waals surface area contributed by atoms with E-state index in [2.05, 4.69) is 23.6 Å². The van der Waals surface area contributed by atoms with Gasteiger partial charge in [0, 0.05) is 40.8 Å². The summed E-state index contributed by atoms with van der Waals surface area (Å²) >= 11 is 2.98. The van der Waals surface area contributed by atoms with Crippen molar-refractivity contribution in [1.29, 1.82) is 0 Å². The number of ketones is 1. The molecule has 1 aliphatic carbocycles. The molecule has 2 aromatic carbocycles. The molecule has 0 spiro atoms. The fraction of sp³-hybridized carbons (Fsp3) is 0.259. The van der Waals surface area contributed by atoms with E-state index in [1.54, 1.807) is 17.4 Å².